The third-order valence-corrected chi connectivity index (χ3v) is 3.55. The molecule has 0 saturated carbocycles. The van der Waals surface area contributed by atoms with Crippen LogP contribution in [0.25, 0.3) is 0 Å². The molecule has 3 heteroatoms. The number of carbonyl (C=O) groups is 1. The summed E-state index contributed by atoms with van der Waals surface area (Å²) in [5, 5.41) is 9.42. The van der Waals surface area contributed by atoms with Crippen molar-refractivity contribution in [2.45, 2.75) is 65.8 Å². The summed E-state index contributed by atoms with van der Waals surface area (Å²) >= 11 is 0. The lowest BCUT2D eigenvalue weighted by Crippen LogP contribution is -2.45. The van der Waals surface area contributed by atoms with E-state index in [1.807, 2.05) is 27.8 Å². The summed E-state index contributed by atoms with van der Waals surface area (Å²) in [4.78, 5) is 14.2. The summed E-state index contributed by atoms with van der Waals surface area (Å²) < 4.78 is 0. The third-order valence-electron chi connectivity index (χ3n) is 3.55. The van der Waals surface area contributed by atoms with E-state index in [1.54, 1.807) is 4.90 Å². The van der Waals surface area contributed by atoms with Crippen LogP contribution in [0.4, 0.5) is 0 Å². The van der Waals surface area contributed by atoms with Crippen molar-refractivity contribution in [3.05, 3.63) is 0 Å². The van der Waals surface area contributed by atoms with E-state index in [4.69, 9.17) is 0 Å². The minimum absolute atomic E-state index is 0.00181. The van der Waals surface area contributed by atoms with Gasteiger partial charge in [0.25, 0.3) is 0 Å². The van der Waals surface area contributed by atoms with Crippen molar-refractivity contribution in [1.29, 1.82) is 5.26 Å². The van der Waals surface area contributed by atoms with E-state index >= 15 is 0 Å². The topological polar surface area (TPSA) is 44.1 Å². The lowest BCUT2D eigenvalue weighted by molar-refractivity contribution is -0.140. The number of hydrogen-bond acceptors (Lipinski definition) is 2. The fraction of sp³-hybridized carbons (Fsp3) is 0.857. The van der Waals surface area contributed by atoms with Crippen LogP contribution >= 0.6 is 0 Å². The maximum Gasteiger partial charge on any atom is 0.243 e. The Balaban J connectivity index is 5.04. The Morgan fingerprint density at radius 1 is 1.29 bits per heavy atom. The second kappa shape index (κ2) is 7.32. The van der Waals surface area contributed by atoms with Crippen molar-refractivity contribution in [2.75, 3.05) is 7.05 Å². The molecule has 0 bridgehead atoms. The summed E-state index contributed by atoms with van der Waals surface area (Å²) in [6.07, 6.45) is 3.98. The van der Waals surface area contributed by atoms with Gasteiger partial charge in [-0.3, -0.25) is 4.79 Å². The van der Waals surface area contributed by atoms with Crippen LogP contribution in [0.2, 0.25) is 0 Å². The van der Waals surface area contributed by atoms with Gasteiger partial charge in [0, 0.05) is 13.1 Å². The van der Waals surface area contributed by atoms with Gasteiger partial charge in [-0.2, -0.15) is 5.26 Å². The molecule has 1 unspecified atom stereocenters. The molecule has 98 valence electrons. The monoisotopic (exact) mass is 238 g/mol. The van der Waals surface area contributed by atoms with Gasteiger partial charge in [-0.15, -0.1) is 0 Å². The molecule has 0 aromatic carbocycles. The first-order chi connectivity index (χ1) is 7.98. The zero-order valence-electron chi connectivity index (χ0n) is 11.9. The Bertz CT molecular complexity index is 274. The lowest BCUT2D eigenvalue weighted by atomic mass is 9.79. The van der Waals surface area contributed by atoms with Crippen LogP contribution in [-0.2, 0) is 4.79 Å². The van der Waals surface area contributed by atoms with Gasteiger partial charge in [0.1, 0.15) is 5.41 Å². The first-order valence-electron chi connectivity index (χ1n) is 6.67. The van der Waals surface area contributed by atoms with Crippen molar-refractivity contribution in [1.82, 2.24) is 4.90 Å². The number of rotatable bonds is 7. The molecule has 1 amide bonds. The molecule has 0 radical (unpaired) electrons. The lowest BCUT2D eigenvalue weighted by Gasteiger charge is -2.33. The Hall–Kier alpha value is -1.04. The van der Waals surface area contributed by atoms with Gasteiger partial charge < -0.3 is 4.90 Å². The largest absolute Gasteiger partial charge is 0.342 e. The average Bonchev–Trinajstić information content (AvgIpc) is 2.35. The van der Waals surface area contributed by atoms with Gasteiger partial charge in [-0.25, -0.2) is 0 Å². The van der Waals surface area contributed by atoms with Crippen LogP contribution in [0.3, 0.4) is 0 Å². The van der Waals surface area contributed by atoms with E-state index in [2.05, 4.69) is 13.0 Å². The SMILES string of the molecule is CCCC(C#N)(CCC)C(=O)N(C)C(C)CC. The second-order valence-corrected chi connectivity index (χ2v) is 4.87. The smallest absolute Gasteiger partial charge is 0.243 e. The molecular formula is C14H26N2O. The number of nitriles is 1. The summed E-state index contributed by atoms with van der Waals surface area (Å²) in [5.74, 6) is -0.00181. The molecule has 0 saturated heterocycles. The molecule has 0 heterocycles. The molecule has 3 nitrogen and oxygen atoms in total. The Morgan fingerprint density at radius 2 is 1.76 bits per heavy atom. The predicted molar refractivity (Wildman–Crippen MR) is 70.4 cm³/mol. The highest BCUT2D eigenvalue weighted by Crippen LogP contribution is 2.32. The molecule has 0 rings (SSSR count). The van der Waals surface area contributed by atoms with Crippen LogP contribution in [0.1, 0.15) is 59.8 Å². The van der Waals surface area contributed by atoms with Crippen molar-refractivity contribution < 1.29 is 4.79 Å². The molecule has 0 aliphatic rings. The van der Waals surface area contributed by atoms with Gasteiger partial charge in [0.2, 0.25) is 5.91 Å². The summed E-state index contributed by atoms with van der Waals surface area (Å²) in [6.45, 7) is 8.14. The Kier molecular flexibility index (Phi) is 6.87. The maximum atomic E-state index is 12.5. The molecular weight excluding hydrogens is 212 g/mol. The van der Waals surface area contributed by atoms with E-state index in [1.165, 1.54) is 0 Å². The van der Waals surface area contributed by atoms with E-state index in [-0.39, 0.29) is 11.9 Å². The Morgan fingerprint density at radius 3 is 2.06 bits per heavy atom. The van der Waals surface area contributed by atoms with Gasteiger partial charge >= 0.3 is 0 Å². The highest BCUT2D eigenvalue weighted by atomic mass is 16.2. The fourth-order valence-corrected chi connectivity index (χ4v) is 2.16. The van der Waals surface area contributed by atoms with Crippen molar-refractivity contribution in [3.63, 3.8) is 0 Å². The van der Waals surface area contributed by atoms with Gasteiger partial charge in [-0.05, 0) is 26.2 Å². The minimum atomic E-state index is -0.804. The second-order valence-electron chi connectivity index (χ2n) is 4.87. The minimum Gasteiger partial charge on any atom is -0.342 e. The zero-order chi connectivity index (χ0) is 13.5. The van der Waals surface area contributed by atoms with Crippen molar-refractivity contribution in [2.24, 2.45) is 5.41 Å². The number of hydrogen-bond donors (Lipinski definition) is 0. The van der Waals surface area contributed by atoms with Gasteiger partial charge in [0.15, 0.2) is 0 Å². The summed E-state index contributed by atoms with van der Waals surface area (Å²) in [5.41, 5.74) is -0.804. The highest BCUT2D eigenvalue weighted by molar-refractivity contribution is 5.85. The Labute approximate surface area is 106 Å². The van der Waals surface area contributed by atoms with Crippen LogP contribution < -0.4 is 0 Å². The highest BCUT2D eigenvalue weighted by Gasteiger charge is 2.39. The number of amides is 1. The van der Waals surface area contributed by atoms with Crippen LogP contribution in [0, 0.1) is 16.7 Å². The maximum absolute atomic E-state index is 12.5. The van der Waals surface area contributed by atoms with E-state index in [0.717, 1.165) is 19.3 Å². The molecule has 0 aliphatic heterocycles. The quantitative estimate of drug-likeness (QED) is 0.682. The van der Waals surface area contributed by atoms with Crippen LogP contribution in [0.15, 0.2) is 0 Å². The molecule has 0 aliphatic carbocycles. The molecule has 1 atom stereocenters. The van der Waals surface area contributed by atoms with E-state index in [0.29, 0.717) is 12.8 Å². The zero-order valence-corrected chi connectivity index (χ0v) is 11.9. The van der Waals surface area contributed by atoms with E-state index in [9.17, 15) is 10.1 Å². The van der Waals surface area contributed by atoms with Crippen LogP contribution in [0.5, 0.6) is 0 Å². The molecule has 0 fully saturated rings. The first kappa shape index (κ1) is 16.0. The van der Waals surface area contributed by atoms with Crippen molar-refractivity contribution in [3.8, 4) is 6.07 Å². The van der Waals surface area contributed by atoms with E-state index < -0.39 is 5.41 Å². The van der Waals surface area contributed by atoms with Gasteiger partial charge in [0.05, 0.1) is 6.07 Å². The van der Waals surface area contributed by atoms with Crippen LogP contribution in [-0.4, -0.2) is 23.9 Å². The first-order valence-corrected chi connectivity index (χ1v) is 6.67. The summed E-state index contributed by atoms with van der Waals surface area (Å²) in [6, 6.07) is 2.48. The molecule has 0 spiro atoms. The van der Waals surface area contributed by atoms with Gasteiger partial charge in [-0.1, -0.05) is 33.6 Å². The number of carbonyl (C=O) groups excluding carboxylic acids is 1. The average molecular weight is 238 g/mol. The fourth-order valence-electron chi connectivity index (χ4n) is 2.16. The normalized spacial score (nSPS) is 12.9. The molecule has 17 heavy (non-hydrogen) atoms. The van der Waals surface area contributed by atoms with Crippen molar-refractivity contribution >= 4 is 5.91 Å². The molecule has 0 aromatic heterocycles. The number of nitrogens with zero attached hydrogens (tertiary/aromatic N) is 2. The third kappa shape index (κ3) is 3.73. The molecule has 0 aromatic rings. The predicted octanol–water partition coefficient (Wildman–Crippen LogP) is 3.35. The summed E-state index contributed by atoms with van der Waals surface area (Å²) in [7, 11) is 1.81. The standard InChI is InChI=1S/C14H26N2O/c1-6-9-14(11-15,10-7-2)13(17)16(5)12(4)8-3/h12H,6-10H2,1-5H3. The molecule has 0 N–H and O–H groups in total.